The summed E-state index contributed by atoms with van der Waals surface area (Å²) in [4.78, 5) is 14.8. The van der Waals surface area contributed by atoms with Gasteiger partial charge in [0.2, 0.25) is 0 Å². The maximum Gasteiger partial charge on any atom is 0.573 e. The molecule has 0 saturated heterocycles. The van der Waals surface area contributed by atoms with E-state index in [1.54, 1.807) is 0 Å². The van der Waals surface area contributed by atoms with Crippen molar-refractivity contribution in [3.63, 3.8) is 0 Å². The molecule has 22 heavy (non-hydrogen) atoms. The monoisotopic (exact) mass is 331 g/mol. The van der Waals surface area contributed by atoms with E-state index in [2.05, 4.69) is 9.72 Å². The van der Waals surface area contributed by atoms with Crippen molar-refractivity contribution in [2.24, 2.45) is 0 Å². The van der Waals surface area contributed by atoms with E-state index in [0.29, 0.717) is 17.0 Å². The van der Waals surface area contributed by atoms with Crippen molar-refractivity contribution in [2.75, 3.05) is 0 Å². The number of hydrogen-bond donors (Lipinski definition) is 1. The Bertz CT molecular complexity index is 687. The molecule has 1 N–H and O–H groups in total. The van der Waals surface area contributed by atoms with Gasteiger partial charge in [0.05, 0.1) is 22.8 Å². The number of halogens is 4. The Kier molecular flexibility index (Phi) is 4.56. The molecule has 0 radical (unpaired) electrons. The van der Waals surface area contributed by atoms with E-state index in [1.165, 1.54) is 24.3 Å². The highest BCUT2D eigenvalue weighted by atomic mass is 35.5. The molecule has 0 amide bonds. The molecule has 0 aliphatic rings. The SMILES string of the molecule is O=C(O)Cc1ccc(Cl)c(-c2ccc(OC(F)(F)F)cc2)n1. The topological polar surface area (TPSA) is 59.4 Å². The molecule has 1 aromatic heterocycles. The van der Waals surface area contributed by atoms with E-state index >= 15 is 0 Å². The van der Waals surface area contributed by atoms with Crippen LogP contribution in [0.5, 0.6) is 5.75 Å². The molecule has 0 atom stereocenters. The third-order valence-electron chi connectivity index (χ3n) is 2.60. The van der Waals surface area contributed by atoms with Crippen LogP contribution in [-0.2, 0) is 11.2 Å². The third-order valence-corrected chi connectivity index (χ3v) is 2.90. The van der Waals surface area contributed by atoms with Gasteiger partial charge in [0, 0.05) is 5.56 Å². The first-order valence-electron chi connectivity index (χ1n) is 5.98. The number of carboxylic acid groups (broad SMARTS) is 1. The number of alkyl halides is 3. The Labute approximate surface area is 128 Å². The maximum atomic E-state index is 12.1. The summed E-state index contributed by atoms with van der Waals surface area (Å²) in [5.41, 5.74) is 1.04. The summed E-state index contributed by atoms with van der Waals surface area (Å²) in [5, 5.41) is 9.01. The number of carboxylic acids is 1. The predicted molar refractivity (Wildman–Crippen MR) is 72.7 cm³/mol. The molecule has 0 aliphatic heterocycles. The minimum atomic E-state index is -4.77. The minimum Gasteiger partial charge on any atom is -0.481 e. The third kappa shape index (κ3) is 4.36. The second kappa shape index (κ2) is 6.23. The van der Waals surface area contributed by atoms with Crippen molar-refractivity contribution in [3.8, 4) is 17.0 Å². The Morgan fingerprint density at radius 1 is 1.18 bits per heavy atom. The second-order valence-electron chi connectivity index (χ2n) is 4.28. The lowest BCUT2D eigenvalue weighted by atomic mass is 10.1. The molecule has 0 unspecified atom stereocenters. The van der Waals surface area contributed by atoms with Crippen molar-refractivity contribution < 1.29 is 27.8 Å². The predicted octanol–water partition coefficient (Wildman–Crippen LogP) is 3.93. The first kappa shape index (κ1) is 16.1. The molecule has 8 heteroatoms. The summed E-state index contributed by atoms with van der Waals surface area (Å²) >= 11 is 5.99. The molecule has 0 aliphatic carbocycles. The highest BCUT2D eigenvalue weighted by molar-refractivity contribution is 6.33. The van der Waals surface area contributed by atoms with Gasteiger partial charge in [0.1, 0.15) is 5.75 Å². The number of benzene rings is 1. The second-order valence-corrected chi connectivity index (χ2v) is 4.68. The largest absolute Gasteiger partial charge is 0.573 e. The fourth-order valence-electron chi connectivity index (χ4n) is 1.75. The lowest BCUT2D eigenvalue weighted by molar-refractivity contribution is -0.274. The molecule has 116 valence electrons. The van der Waals surface area contributed by atoms with Gasteiger partial charge >= 0.3 is 12.3 Å². The lowest BCUT2D eigenvalue weighted by Crippen LogP contribution is -2.16. The Morgan fingerprint density at radius 3 is 2.36 bits per heavy atom. The van der Waals surface area contributed by atoms with E-state index in [1.807, 2.05) is 0 Å². The van der Waals surface area contributed by atoms with Crippen molar-refractivity contribution in [3.05, 3.63) is 47.1 Å². The summed E-state index contributed by atoms with van der Waals surface area (Å²) in [6.07, 6.45) is -5.04. The molecule has 0 spiro atoms. The minimum absolute atomic E-state index is 0.263. The fraction of sp³-hybridized carbons (Fsp3) is 0.143. The first-order chi connectivity index (χ1) is 10.2. The molecular formula is C14H9ClF3NO3. The van der Waals surface area contributed by atoms with Gasteiger partial charge in [-0.15, -0.1) is 13.2 Å². The number of ether oxygens (including phenoxy) is 1. The van der Waals surface area contributed by atoms with Crippen molar-refractivity contribution >= 4 is 17.6 Å². The zero-order valence-electron chi connectivity index (χ0n) is 10.9. The number of pyridine rings is 1. The van der Waals surface area contributed by atoms with Gasteiger partial charge in [-0.2, -0.15) is 0 Å². The van der Waals surface area contributed by atoms with Gasteiger partial charge in [-0.1, -0.05) is 11.6 Å². The zero-order chi connectivity index (χ0) is 16.3. The normalized spacial score (nSPS) is 11.3. The van der Waals surface area contributed by atoms with Crippen molar-refractivity contribution in [2.45, 2.75) is 12.8 Å². The van der Waals surface area contributed by atoms with Gasteiger partial charge in [0.15, 0.2) is 0 Å². The van der Waals surface area contributed by atoms with Crippen molar-refractivity contribution in [1.82, 2.24) is 4.98 Å². The van der Waals surface area contributed by atoms with Crippen LogP contribution in [0.15, 0.2) is 36.4 Å². The van der Waals surface area contributed by atoms with E-state index in [0.717, 1.165) is 12.1 Å². The smallest absolute Gasteiger partial charge is 0.481 e. The van der Waals surface area contributed by atoms with Gasteiger partial charge in [0.25, 0.3) is 0 Å². The number of nitrogens with zero attached hydrogens (tertiary/aromatic N) is 1. The number of carbonyl (C=O) groups is 1. The highest BCUT2D eigenvalue weighted by Crippen LogP contribution is 2.29. The van der Waals surface area contributed by atoms with Gasteiger partial charge in [-0.3, -0.25) is 9.78 Å². The maximum absolute atomic E-state index is 12.1. The van der Waals surface area contributed by atoms with Crippen LogP contribution in [0.2, 0.25) is 5.02 Å². The molecule has 4 nitrogen and oxygen atoms in total. The fourth-order valence-corrected chi connectivity index (χ4v) is 1.97. The summed E-state index contributed by atoms with van der Waals surface area (Å²) in [5.74, 6) is -1.41. The molecule has 1 heterocycles. The lowest BCUT2D eigenvalue weighted by Gasteiger charge is -2.10. The van der Waals surface area contributed by atoms with Crippen LogP contribution in [-0.4, -0.2) is 22.4 Å². The Balaban J connectivity index is 2.29. The number of aliphatic carboxylic acids is 1. The van der Waals surface area contributed by atoms with Gasteiger partial charge in [-0.05, 0) is 36.4 Å². The van der Waals surface area contributed by atoms with E-state index in [9.17, 15) is 18.0 Å². The van der Waals surface area contributed by atoms with E-state index in [4.69, 9.17) is 16.7 Å². The molecule has 0 fully saturated rings. The molecule has 0 bridgehead atoms. The average molecular weight is 332 g/mol. The van der Waals surface area contributed by atoms with Crippen molar-refractivity contribution in [1.29, 1.82) is 0 Å². The van der Waals surface area contributed by atoms with Crippen LogP contribution in [0.3, 0.4) is 0 Å². The molecular weight excluding hydrogens is 323 g/mol. The summed E-state index contributed by atoms with van der Waals surface area (Å²) in [6, 6.07) is 7.94. The summed E-state index contributed by atoms with van der Waals surface area (Å²) in [7, 11) is 0. The van der Waals surface area contributed by atoms with Gasteiger partial charge < -0.3 is 9.84 Å². The summed E-state index contributed by atoms with van der Waals surface area (Å²) in [6.45, 7) is 0. The number of hydrogen-bond acceptors (Lipinski definition) is 3. The summed E-state index contributed by atoms with van der Waals surface area (Å²) < 4.78 is 40.0. The van der Waals surface area contributed by atoms with Crippen LogP contribution in [0, 0.1) is 0 Å². The first-order valence-corrected chi connectivity index (χ1v) is 6.36. The average Bonchev–Trinajstić information content (AvgIpc) is 2.40. The molecule has 2 rings (SSSR count). The molecule has 1 aromatic carbocycles. The zero-order valence-corrected chi connectivity index (χ0v) is 11.6. The van der Waals surface area contributed by atoms with Crippen LogP contribution in [0.4, 0.5) is 13.2 Å². The van der Waals surface area contributed by atoms with Crippen LogP contribution in [0.25, 0.3) is 11.3 Å². The van der Waals surface area contributed by atoms with Crippen LogP contribution < -0.4 is 4.74 Å². The van der Waals surface area contributed by atoms with E-state index < -0.39 is 12.3 Å². The van der Waals surface area contributed by atoms with Crippen LogP contribution >= 0.6 is 11.6 Å². The quantitative estimate of drug-likeness (QED) is 0.922. The standard InChI is InChI=1S/C14H9ClF3NO3/c15-11-6-3-9(7-12(20)21)19-13(11)8-1-4-10(5-2-8)22-14(16,17)18/h1-6H,7H2,(H,20,21). The number of rotatable bonds is 4. The molecule has 0 saturated carbocycles. The Morgan fingerprint density at radius 2 is 1.82 bits per heavy atom. The van der Waals surface area contributed by atoms with Gasteiger partial charge in [-0.25, -0.2) is 0 Å². The van der Waals surface area contributed by atoms with Crippen LogP contribution in [0.1, 0.15) is 5.69 Å². The molecule has 2 aromatic rings. The van der Waals surface area contributed by atoms with E-state index in [-0.39, 0.29) is 17.2 Å². The number of aromatic nitrogens is 1. The highest BCUT2D eigenvalue weighted by Gasteiger charge is 2.31. The Hall–Kier alpha value is -2.28.